The second kappa shape index (κ2) is 17.3. The summed E-state index contributed by atoms with van der Waals surface area (Å²) < 4.78 is 44.0. The fraction of sp³-hybridized carbons (Fsp3) is 0.895. The summed E-state index contributed by atoms with van der Waals surface area (Å²) in [5.74, 6) is -3.03. The highest BCUT2D eigenvalue weighted by Crippen LogP contribution is 2.41. The molecule has 296 valence electrons. The van der Waals surface area contributed by atoms with Gasteiger partial charge in [0.1, 0.15) is 23.9 Å². The van der Waals surface area contributed by atoms with Crippen LogP contribution in [0.1, 0.15) is 94.9 Å². The van der Waals surface area contributed by atoms with Crippen molar-refractivity contribution in [3.8, 4) is 0 Å². The number of cyclic esters (lactones) is 1. The number of carbonyl (C=O) groups is 2. The van der Waals surface area contributed by atoms with Crippen molar-refractivity contribution >= 4 is 11.8 Å². The van der Waals surface area contributed by atoms with Crippen LogP contribution in [0.15, 0.2) is 11.6 Å². The van der Waals surface area contributed by atoms with Crippen LogP contribution in [0.4, 0.5) is 0 Å². The molecule has 2 fully saturated rings. The van der Waals surface area contributed by atoms with Crippen LogP contribution in [-0.4, -0.2) is 138 Å². The third-order valence-corrected chi connectivity index (χ3v) is 11.6. The molecule has 3 aliphatic rings. The number of nitrogens with zero attached hydrogens (tertiary/aromatic N) is 1. The average molecular weight is 730 g/mol. The number of methoxy groups -OCH3 is 2. The first-order chi connectivity index (χ1) is 23.5. The fourth-order valence-electron chi connectivity index (χ4n) is 8.27. The van der Waals surface area contributed by atoms with E-state index in [9.17, 15) is 24.9 Å². The molecule has 3 heterocycles. The minimum Gasteiger partial charge on any atom is -0.459 e. The molecule has 0 aromatic rings. The lowest BCUT2D eigenvalue weighted by Gasteiger charge is -2.49. The van der Waals surface area contributed by atoms with Crippen LogP contribution in [0.25, 0.3) is 0 Å². The molecular formula is C38H67NO12. The van der Waals surface area contributed by atoms with Crippen LogP contribution < -0.4 is 0 Å². The Morgan fingerprint density at radius 1 is 0.941 bits per heavy atom. The molecule has 0 radical (unpaired) electrons. The summed E-state index contributed by atoms with van der Waals surface area (Å²) in [6, 6.07) is -0.260. The van der Waals surface area contributed by atoms with Gasteiger partial charge in [-0.25, -0.2) is 0 Å². The lowest BCUT2D eigenvalue weighted by molar-refractivity contribution is -0.319. The van der Waals surface area contributed by atoms with Crippen LogP contribution in [0.5, 0.6) is 0 Å². The molecule has 0 aromatic heterocycles. The highest BCUT2D eigenvalue weighted by molar-refractivity contribution is 5.96. The monoisotopic (exact) mass is 729 g/mol. The Morgan fingerprint density at radius 3 is 2.10 bits per heavy atom. The van der Waals surface area contributed by atoms with E-state index in [0.717, 1.165) is 0 Å². The predicted octanol–water partition coefficient (Wildman–Crippen LogP) is 3.39. The van der Waals surface area contributed by atoms with E-state index in [2.05, 4.69) is 0 Å². The standard InChI is InChI=1S/C38H67NO12/c1-15-27-36(8,44)17-20(2)29(40)21(3)18-38(10,46-14)33(51-35-30(41)26(39(11)12)16-22(4)47-35)23(5)31(24(6)34(43)49-27)50-28-19-37(9,45-13)32(42)25(7)48-28/h17,21-28,30-33,35,41-42,44H,15-16,18-19H2,1-14H3/b20-17+/t21-,22-,23-,24-,25+,26+,27-,28+,30-,31+,32+,33-,35+,36+,37-,38-/m1/s1. The third kappa shape index (κ3) is 9.78. The normalized spacial score (nSPS) is 47.7. The summed E-state index contributed by atoms with van der Waals surface area (Å²) in [7, 11) is 6.84. The maximum atomic E-state index is 14.1. The molecule has 0 aliphatic carbocycles. The van der Waals surface area contributed by atoms with Crippen molar-refractivity contribution < 1.29 is 58.1 Å². The molecule has 3 aliphatic heterocycles. The van der Waals surface area contributed by atoms with E-state index in [1.54, 1.807) is 41.5 Å². The van der Waals surface area contributed by atoms with Crippen LogP contribution >= 0.6 is 0 Å². The molecule has 0 saturated carbocycles. The van der Waals surface area contributed by atoms with Gasteiger partial charge in [0.25, 0.3) is 0 Å². The topological polar surface area (TPSA) is 163 Å². The fourth-order valence-corrected chi connectivity index (χ4v) is 8.27. The molecule has 2 saturated heterocycles. The summed E-state index contributed by atoms with van der Waals surface area (Å²) in [4.78, 5) is 29.9. The zero-order valence-corrected chi connectivity index (χ0v) is 33.4. The van der Waals surface area contributed by atoms with Crippen molar-refractivity contribution in [3.63, 3.8) is 0 Å². The maximum Gasteiger partial charge on any atom is 0.311 e. The zero-order chi connectivity index (χ0) is 38.8. The molecule has 3 N–H and O–H groups in total. The first-order valence-electron chi connectivity index (χ1n) is 18.5. The maximum absolute atomic E-state index is 14.1. The second-order valence-electron chi connectivity index (χ2n) is 16.2. The minimum absolute atomic E-state index is 0.154. The molecule has 13 heteroatoms. The van der Waals surface area contributed by atoms with Crippen molar-refractivity contribution in [2.45, 2.75) is 173 Å². The van der Waals surface area contributed by atoms with Crippen LogP contribution in [-0.2, 0) is 42.7 Å². The van der Waals surface area contributed by atoms with Gasteiger partial charge in [-0.3, -0.25) is 9.59 Å². The van der Waals surface area contributed by atoms with Crippen LogP contribution in [0.2, 0.25) is 0 Å². The highest BCUT2D eigenvalue weighted by Gasteiger charge is 2.52. The summed E-state index contributed by atoms with van der Waals surface area (Å²) in [5, 5.41) is 34.0. The van der Waals surface area contributed by atoms with Crippen molar-refractivity contribution in [2.24, 2.45) is 17.8 Å². The van der Waals surface area contributed by atoms with Gasteiger partial charge < -0.3 is 53.4 Å². The number of ketones is 1. The first kappa shape index (κ1) is 43.9. The number of aliphatic hydroxyl groups is 3. The van der Waals surface area contributed by atoms with E-state index in [0.29, 0.717) is 12.0 Å². The first-order valence-corrected chi connectivity index (χ1v) is 18.5. The Morgan fingerprint density at radius 2 is 1.55 bits per heavy atom. The van der Waals surface area contributed by atoms with Crippen molar-refractivity contribution in [1.29, 1.82) is 0 Å². The largest absolute Gasteiger partial charge is 0.459 e. The molecule has 0 amide bonds. The number of rotatable bonds is 8. The van der Waals surface area contributed by atoms with Gasteiger partial charge in [-0.15, -0.1) is 0 Å². The van der Waals surface area contributed by atoms with E-state index < -0.39 is 89.7 Å². The highest BCUT2D eigenvalue weighted by atomic mass is 16.7. The smallest absolute Gasteiger partial charge is 0.311 e. The van der Waals surface area contributed by atoms with E-state index >= 15 is 0 Å². The van der Waals surface area contributed by atoms with Gasteiger partial charge in [-0.05, 0) is 93.5 Å². The van der Waals surface area contributed by atoms with Gasteiger partial charge in [0.05, 0.1) is 41.5 Å². The Labute approximate surface area is 305 Å². The Hall–Kier alpha value is -1.52. The molecule has 0 bridgehead atoms. The van der Waals surface area contributed by atoms with E-state index in [1.165, 1.54) is 27.2 Å². The Bertz CT molecular complexity index is 1210. The van der Waals surface area contributed by atoms with Crippen LogP contribution in [0, 0.1) is 17.8 Å². The van der Waals surface area contributed by atoms with Crippen LogP contribution in [0.3, 0.4) is 0 Å². The second-order valence-corrected chi connectivity index (χ2v) is 16.2. The van der Waals surface area contributed by atoms with Crippen molar-refractivity contribution in [3.05, 3.63) is 11.6 Å². The number of hydrogen-bond acceptors (Lipinski definition) is 13. The van der Waals surface area contributed by atoms with Gasteiger partial charge in [-0.1, -0.05) is 20.8 Å². The molecule has 13 nitrogen and oxygen atoms in total. The summed E-state index contributed by atoms with van der Waals surface area (Å²) >= 11 is 0. The average Bonchev–Trinajstić information content (AvgIpc) is 3.06. The number of allylic oxidation sites excluding steroid dienone is 1. The zero-order valence-electron chi connectivity index (χ0n) is 33.4. The summed E-state index contributed by atoms with van der Waals surface area (Å²) in [6.45, 7) is 17.6. The van der Waals surface area contributed by atoms with Gasteiger partial charge in [0, 0.05) is 38.5 Å². The van der Waals surface area contributed by atoms with Crippen molar-refractivity contribution in [1.82, 2.24) is 4.90 Å². The molecular weight excluding hydrogens is 662 g/mol. The molecule has 3 rings (SSSR count). The molecule has 0 unspecified atom stereocenters. The molecule has 0 spiro atoms. The number of esters is 1. The van der Waals surface area contributed by atoms with Crippen molar-refractivity contribution in [2.75, 3.05) is 28.3 Å². The van der Waals surface area contributed by atoms with E-state index in [4.69, 9.17) is 33.2 Å². The molecule has 16 atom stereocenters. The lowest BCUT2D eigenvalue weighted by atomic mass is 9.76. The number of aliphatic hydroxyl groups excluding tert-OH is 2. The SMILES string of the molecule is CC[C@H]1OC(=O)[C@H](C)[C@@H](O[C@H]2C[C@@](C)(OC)[C@@H](O)[C@H](C)O2)[C@@H](C)[C@@H](O[C@@H]2O[C@H](C)C[C@H](N(C)C)[C@H]2O)[C@](C)(OC)C[C@@H](C)C(=O)/C(C)=C/[C@]1(C)O. The summed E-state index contributed by atoms with van der Waals surface area (Å²) in [5.41, 5.74) is -3.50. The third-order valence-electron chi connectivity index (χ3n) is 11.6. The number of likely N-dealkylation sites (N-methyl/N-ethyl adjacent to an activating group) is 1. The number of carbonyl (C=O) groups excluding carboxylic acids is 2. The van der Waals surface area contributed by atoms with E-state index in [-0.39, 0.29) is 37.2 Å². The van der Waals surface area contributed by atoms with E-state index in [1.807, 2.05) is 39.8 Å². The molecule has 51 heavy (non-hydrogen) atoms. The predicted molar refractivity (Wildman–Crippen MR) is 190 cm³/mol. The molecule has 0 aromatic carbocycles. The number of hydrogen-bond donors (Lipinski definition) is 3. The number of ether oxygens (including phenoxy) is 7. The Balaban J connectivity index is 2.22. The van der Waals surface area contributed by atoms with Gasteiger partial charge in [-0.2, -0.15) is 0 Å². The van der Waals surface area contributed by atoms with Gasteiger partial charge in [0.15, 0.2) is 18.4 Å². The quantitative estimate of drug-likeness (QED) is 0.312. The van der Waals surface area contributed by atoms with Gasteiger partial charge >= 0.3 is 5.97 Å². The minimum atomic E-state index is -1.64. The summed E-state index contributed by atoms with van der Waals surface area (Å²) in [6.07, 6.45) is -4.99. The number of Topliss-reactive ketones (excluding diaryl/α,β-unsaturated/α-hetero) is 1. The Kier molecular flexibility index (Phi) is 14.9. The lowest BCUT2D eigenvalue weighted by Crippen LogP contribution is -2.61. The van der Waals surface area contributed by atoms with Gasteiger partial charge in [0.2, 0.25) is 0 Å².